The second-order valence-corrected chi connectivity index (χ2v) is 8.48. The molecule has 6 heteroatoms. The van der Waals surface area contributed by atoms with Crippen LogP contribution in [-0.2, 0) is 0 Å². The summed E-state index contributed by atoms with van der Waals surface area (Å²) >= 11 is 0. The van der Waals surface area contributed by atoms with Gasteiger partial charge in [-0.2, -0.15) is 0 Å². The standard InChI is InChI=1S/C23H27F2N3O/c1-16(2)28-15-23(21(28)17-6-4-3-5-7-17)10-12-27(13-11-23)22(29)26-20-9-8-18(24)14-19(20)25/h3-9,14,16,21H,10-13,15H2,1-2H3,(H,26,29). The van der Waals surface area contributed by atoms with Gasteiger partial charge in [0.1, 0.15) is 11.6 Å². The lowest BCUT2D eigenvalue weighted by Gasteiger charge is -2.62. The molecule has 4 nitrogen and oxygen atoms in total. The summed E-state index contributed by atoms with van der Waals surface area (Å²) in [5, 5.41) is 2.58. The molecule has 0 radical (unpaired) electrons. The summed E-state index contributed by atoms with van der Waals surface area (Å²) in [4.78, 5) is 16.8. The number of carbonyl (C=O) groups excluding carboxylic acids is 1. The molecular formula is C23H27F2N3O. The molecule has 1 N–H and O–H groups in total. The predicted molar refractivity (Wildman–Crippen MR) is 110 cm³/mol. The van der Waals surface area contributed by atoms with Crippen LogP contribution in [0.1, 0.15) is 38.3 Å². The van der Waals surface area contributed by atoms with Gasteiger partial charge in [0.15, 0.2) is 0 Å². The van der Waals surface area contributed by atoms with Crippen molar-refractivity contribution in [2.45, 2.75) is 38.8 Å². The highest BCUT2D eigenvalue weighted by Crippen LogP contribution is 2.55. The Morgan fingerprint density at radius 1 is 1.10 bits per heavy atom. The molecule has 1 spiro atoms. The topological polar surface area (TPSA) is 35.6 Å². The van der Waals surface area contributed by atoms with Crippen LogP contribution in [0.4, 0.5) is 19.3 Å². The first-order valence-electron chi connectivity index (χ1n) is 10.2. The van der Waals surface area contributed by atoms with Gasteiger partial charge < -0.3 is 10.2 Å². The molecule has 2 saturated heterocycles. The summed E-state index contributed by atoms with van der Waals surface area (Å²) in [6.07, 6.45) is 1.82. The number of likely N-dealkylation sites (tertiary alicyclic amines) is 2. The van der Waals surface area contributed by atoms with E-state index in [1.165, 1.54) is 11.6 Å². The van der Waals surface area contributed by atoms with Gasteiger partial charge in [0, 0.05) is 43.2 Å². The second-order valence-electron chi connectivity index (χ2n) is 8.48. The second kappa shape index (κ2) is 7.75. The van der Waals surface area contributed by atoms with Gasteiger partial charge in [-0.05, 0) is 44.4 Å². The van der Waals surface area contributed by atoms with Crippen LogP contribution in [0.2, 0.25) is 0 Å². The van der Waals surface area contributed by atoms with Gasteiger partial charge in [0.05, 0.1) is 5.69 Å². The van der Waals surface area contributed by atoms with E-state index in [0.29, 0.717) is 25.2 Å². The van der Waals surface area contributed by atoms with Crippen LogP contribution in [-0.4, -0.2) is 41.5 Å². The molecular weight excluding hydrogens is 372 g/mol. The van der Waals surface area contributed by atoms with Crippen LogP contribution in [0.3, 0.4) is 0 Å². The Balaban J connectivity index is 1.43. The van der Waals surface area contributed by atoms with Crippen LogP contribution in [0.15, 0.2) is 48.5 Å². The largest absolute Gasteiger partial charge is 0.324 e. The Hall–Kier alpha value is -2.47. The highest BCUT2D eigenvalue weighted by molar-refractivity contribution is 5.89. The summed E-state index contributed by atoms with van der Waals surface area (Å²) in [6, 6.07) is 14.3. The minimum atomic E-state index is -0.762. The normalized spacial score (nSPS) is 21.3. The lowest BCUT2D eigenvalue weighted by molar-refractivity contribution is -0.123. The van der Waals surface area contributed by atoms with E-state index in [1.807, 2.05) is 6.07 Å². The fraction of sp³-hybridized carbons (Fsp3) is 0.435. The molecule has 2 heterocycles. The molecule has 1 unspecified atom stereocenters. The number of carbonyl (C=O) groups is 1. The zero-order valence-electron chi connectivity index (χ0n) is 16.9. The Kier molecular flexibility index (Phi) is 5.30. The van der Waals surface area contributed by atoms with E-state index in [1.54, 1.807) is 4.90 Å². The van der Waals surface area contributed by atoms with Gasteiger partial charge in [-0.25, -0.2) is 13.6 Å². The van der Waals surface area contributed by atoms with E-state index in [4.69, 9.17) is 0 Å². The van der Waals surface area contributed by atoms with E-state index >= 15 is 0 Å². The third kappa shape index (κ3) is 3.73. The highest BCUT2D eigenvalue weighted by Gasteiger charge is 2.54. The van der Waals surface area contributed by atoms with Crippen molar-refractivity contribution >= 4 is 11.7 Å². The van der Waals surface area contributed by atoms with Crippen molar-refractivity contribution in [1.29, 1.82) is 0 Å². The SMILES string of the molecule is CC(C)N1CC2(CCN(C(=O)Nc3ccc(F)cc3F)CC2)C1c1ccccc1. The summed E-state index contributed by atoms with van der Waals surface area (Å²) in [5.41, 5.74) is 1.51. The predicted octanol–water partition coefficient (Wildman–Crippen LogP) is 5.04. The minimum absolute atomic E-state index is 0.00785. The average Bonchev–Trinajstić information content (AvgIpc) is 2.69. The average molecular weight is 399 g/mol. The van der Waals surface area contributed by atoms with Crippen molar-refractivity contribution in [3.8, 4) is 0 Å². The number of urea groups is 1. The van der Waals surface area contributed by atoms with Crippen molar-refractivity contribution in [2.75, 3.05) is 25.0 Å². The molecule has 0 bridgehead atoms. The first-order valence-corrected chi connectivity index (χ1v) is 10.2. The maximum absolute atomic E-state index is 13.8. The van der Waals surface area contributed by atoms with E-state index in [0.717, 1.165) is 31.5 Å². The maximum atomic E-state index is 13.8. The number of hydrogen-bond acceptors (Lipinski definition) is 2. The van der Waals surface area contributed by atoms with Gasteiger partial charge in [-0.1, -0.05) is 30.3 Å². The van der Waals surface area contributed by atoms with E-state index in [9.17, 15) is 13.6 Å². The first kappa shape index (κ1) is 19.8. The number of hydrogen-bond donors (Lipinski definition) is 1. The smallest absolute Gasteiger partial charge is 0.321 e. The van der Waals surface area contributed by atoms with Crippen LogP contribution in [0, 0.1) is 17.0 Å². The van der Waals surface area contributed by atoms with E-state index in [-0.39, 0.29) is 17.1 Å². The molecule has 0 saturated carbocycles. The van der Waals surface area contributed by atoms with Gasteiger partial charge >= 0.3 is 6.03 Å². The van der Waals surface area contributed by atoms with Crippen LogP contribution < -0.4 is 5.32 Å². The van der Waals surface area contributed by atoms with E-state index < -0.39 is 11.6 Å². The number of amides is 2. The van der Waals surface area contributed by atoms with Crippen molar-refractivity contribution < 1.29 is 13.6 Å². The van der Waals surface area contributed by atoms with Crippen LogP contribution in [0.5, 0.6) is 0 Å². The number of anilines is 1. The third-order valence-electron chi connectivity index (χ3n) is 6.41. The van der Waals surface area contributed by atoms with Gasteiger partial charge in [0.25, 0.3) is 0 Å². The molecule has 154 valence electrons. The van der Waals surface area contributed by atoms with Crippen molar-refractivity contribution in [3.63, 3.8) is 0 Å². The van der Waals surface area contributed by atoms with Crippen molar-refractivity contribution in [1.82, 2.24) is 9.80 Å². The zero-order valence-corrected chi connectivity index (χ0v) is 16.9. The lowest BCUT2D eigenvalue weighted by Crippen LogP contribution is -2.64. The zero-order chi connectivity index (χ0) is 20.6. The molecule has 4 rings (SSSR count). The van der Waals surface area contributed by atoms with Crippen LogP contribution in [0.25, 0.3) is 0 Å². The van der Waals surface area contributed by atoms with Gasteiger partial charge in [-0.3, -0.25) is 4.90 Å². The van der Waals surface area contributed by atoms with Gasteiger partial charge in [-0.15, -0.1) is 0 Å². The highest BCUT2D eigenvalue weighted by atomic mass is 19.1. The molecule has 2 aromatic rings. The first-order chi connectivity index (χ1) is 13.9. The molecule has 2 amide bonds. The van der Waals surface area contributed by atoms with E-state index in [2.05, 4.69) is 48.3 Å². The fourth-order valence-corrected chi connectivity index (χ4v) is 4.81. The number of halogens is 2. The summed E-state index contributed by atoms with van der Waals surface area (Å²) in [7, 11) is 0. The van der Waals surface area contributed by atoms with Gasteiger partial charge in [0.2, 0.25) is 0 Å². The van der Waals surface area contributed by atoms with Crippen molar-refractivity contribution in [2.24, 2.45) is 5.41 Å². The molecule has 2 aliphatic rings. The van der Waals surface area contributed by atoms with Crippen LogP contribution >= 0.6 is 0 Å². The molecule has 2 aromatic carbocycles. The Morgan fingerprint density at radius 2 is 1.79 bits per heavy atom. The Bertz CT molecular complexity index is 879. The fourth-order valence-electron chi connectivity index (χ4n) is 4.81. The third-order valence-corrected chi connectivity index (χ3v) is 6.41. The molecule has 2 fully saturated rings. The molecule has 29 heavy (non-hydrogen) atoms. The Morgan fingerprint density at radius 3 is 2.41 bits per heavy atom. The number of piperidine rings is 1. The summed E-state index contributed by atoms with van der Waals surface area (Å²) < 4.78 is 26.9. The molecule has 2 aliphatic heterocycles. The molecule has 0 aromatic heterocycles. The number of benzene rings is 2. The molecule has 1 atom stereocenters. The minimum Gasteiger partial charge on any atom is -0.324 e. The molecule has 0 aliphatic carbocycles. The lowest BCUT2D eigenvalue weighted by atomic mass is 9.62. The number of nitrogens with one attached hydrogen (secondary N) is 1. The monoisotopic (exact) mass is 399 g/mol. The number of rotatable bonds is 3. The van der Waals surface area contributed by atoms with Crippen molar-refractivity contribution in [3.05, 3.63) is 65.7 Å². The Labute approximate surface area is 170 Å². The number of nitrogens with zero attached hydrogens (tertiary/aromatic N) is 2. The summed E-state index contributed by atoms with van der Waals surface area (Å²) in [6.45, 7) is 6.74. The maximum Gasteiger partial charge on any atom is 0.321 e. The summed E-state index contributed by atoms with van der Waals surface area (Å²) in [5.74, 6) is -1.42. The quantitative estimate of drug-likeness (QED) is 0.784.